The van der Waals surface area contributed by atoms with E-state index < -0.39 is 8.32 Å². The fourth-order valence-electron chi connectivity index (χ4n) is 1.79. The SMILES string of the molecule is CC(C)(/C=C\[C@@H]1O[C@@]1(C)CO)O[Si](C)(C)C(C)(C)C. The van der Waals surface area contributed by atoms with E-state index in [2.05, 4.69) is 53.8 Å². The highest BCUT2D eigenvalue weighted by Gasteiger charge is 2.50. The minimum atomic E-state index is -1.78. The van der Waals surface area contributed by atoms with Gasteiger partial charge in [0.2, 0.25) is 0 Å². The van der Waals surface area contributed by atoms with Gasteiger partial charge in [-0.3, -0.25) is 0 Å². The van der Waals surface area contributed by atoms with E-state index in [1.807, 2.05) is 13.0 Å². The van der Waals surface area contributed by atoms with Crippen LogP contribution in [0.15, 0.2) is 12.2 Å². The van der Waals surface area contributed by atoms with Crippen LogP contribution in [0, 0.1) is 0 Å². The Hall–Kier alpha value is -0.163. The van der Waals surface area contributed by atoms with E-state index in [1.54, 1.807) is 0 Å². The van der Waals surface area contributed by atoms with Gasteiger partial charge < -0.3 is 14.3 Å². The predicted molar refractivity (Wildman–Crippen MR) is 81.9 cm³/mol. The molecule has 0 aromatic carbocycles. The Balaban J connectivity index is 2.65. The van der Waals surface area contributed by atoms with Gasteiger partial charge in [-0.25, -0.2) is 0 Å². The van der Waals surface area contributed by atoms with Crippen LogP contribution in [0.5, 0.6) is 0 Å². The summed E-state index contributed by atoms with van der Waals surface area (Å²) in [4.78, 5) is 0. The highest BCUT2D eigenvalue weighted by Crippen LogP contribution is 2.40. The van der Waals surface area contributed by atoms with Crippen LogP contribution in [-0.2, 0) is 9.16 Å². The number of hydrogen-bond acceptors (Lipinski definition) is 3. The first-order valence-electron chi connectivity index (χ1n) is 7.01. The average Bonchev–Trinajstić information content (AvgIpc) is 2.85. The van der Waals surface area contributed by atoms with E-state index >= 15 is 0 Å². The van der Waals surface area contributed by atoms with E-state index in [0.29, 0.717) is 0 Å². The summed E-state index contributed by atoms with van der Waals surface area (Å²) in [7, 11) is -1.78. The zero-order valence-electron chi connectivity index (χ0n) is 13.7. The summed E-state index contributed by atoms with van der Waals surface area (Å²) in [5, 5.41) is 9.38. The normalized spacial score (nSPS) is 29.0. The molecule has 1 fully saturated rings. The number of aliphatic hydroxyl groups is 1. The quantitative estimate of drug-likeness (QED) is 0.478. The molecule has 0 spiro atoms. The Labute approximate surface area is 119 Å². The van der Waals surface area contributed by atoms with E-state index in [1.165, 1.54) is 0 Å². The molecule has 112 valence electrons. The molecule has 1 saturated heterocycles. The minimum absolute atomic E-state index is 0.0137. The molecular formula is C15H30O3Si. The number of aliphatic hydroxyl groups excluding tert-OH is 1. The van der Waals surface area contributed by atoms with Gasteiger partial charge in [-0.2, -0.15) is 0 Å². The van der Waals surface area contributed by atoms with E-state index in [-0.39, 0.29) is 29.0 Å². The molecule has 0 amide bonds. The third-order valence-corrected chi connectivity index (χ3v) is 8.90. The third-order valence-electron chi connectivity index (χ3n) is 4.25. The molecular weight excluding hydrogens is 256 g/mol. The zero-order valence-corrected chi connectivity index (χ0v) is 14.7. The second-order valence-corrected chi connectivity index (χ2v) is 12.6. The van der Waals surface area contributed by atoms with Crippen LogP contribution in [0.1, 0.15) is 41.5 Å². The highest BCUT2D eigenvalue weighted by molar-refractivity contribution is 6.74. The van der Waals surface area contributed by atoms with Crippen molar-refractivity contribution in [1.29, 1.82) is 0 Å². The van der Waals surface area contributed by atoms with Gasteiger partial charge in [0.15, 0.2) is 8.32 Å². The average molecular weight is 286 g/mol. The number of rotatable bonds is 5. The molecule has 0 aromatic heterocycles. The molecule has 2 atom stereocenters. The molecule has 0 saturated carbocycles. The van der Waals surface area contributed by atoms with Crippen LogP contribution >= 0.6 is 0 Å². The van der Waals surface area contributed by atoms with Gasteiger partial charge in [0, 0.05) is 0 Å². The minimum Gasteiger partial charge on any atom is -0.409 e. The molecule has 4 heteroatoms. The fraction of sp³-hybridized carbons (Fsp3) is 0.867. The molecule has 0 aliphatic carbocycles. The van der Waals surface area contributed by atoms with Crippen molar-refractivity contribution in [3.63, 3.8) is 0 Å². The maximum absolute atomic E-state index is 9.17. The molecule has 0 unspecified atom stereocenters. The van der Waals surface area contributed by atoms with Gasteiger partial charge in [-0.15, -0.1) is 0 Å². The highest BCUT2D eigenvalue weighted by atomic mass is 28.4. The van der Waals surface area contributed by atoms with Gasteiger partial charge in [-0.05, 0) is 38.9 Å². The Morgan fingerprint density at radius 2 is 1.79 bits per heavy atom. The van der Waals surface area contributed by atoms with Crippen LogP contribution < -0.4 is 0 Å². The number of epoxide rings is 1. The largest absolute Gasteiger partial charge is 0.409 e. The lowest BCUT2D eigenvalue weighted by Gasteiger charge is -2.41. The maximum atomic E-state index is 9.17. The fourth-order valence-corrected chi connectivity index (χ4v) is 3.48. The zero-order chi connectivity index (χ0) is 15.1. The van der Waals surface area contributed by atoms with Crippen molar-refractivity contribution in [3.8, 4) is 0 Å². The Kier molecular flexibility index (Phi) is 4.43. The topological polar surface area (TPSA) is 42.0 Å². The summed E-state index contributed by atoms with van der Waals surface area (Å²) < 4.78 is 11.9. The first-order valence-corrected chi connectivity index (χ1v) is 9.92. The molecule has 1 N–H and O–H groups in total. The van der Waals surface area contributed by atoms with Crippen molar-refractivity contribution in [2.24, 2.45) is 0 Å². The molecule has 1 heterocycles. The lowest BCUT2D eigenvalue weighted by Crippen LogP contribution is -2.46. The Morgan fingerprint density at radius 3 is 2.16 bits per heavy atom. The maximum Gasteiger partial charge on any atom is 0.193 e. The van der Waals surface area contributed by atoms with Crippen LogP contribution in [-0.4, -0.2) is 37.3 Å². The first kappa shape index (κ1) is 16.9. The lowest BCUT2D eigenvalue weighted by atomic mass is 10.1. The monoisotopic (exact) mass is 286 g/mol. The van der Waals surface area contributed by atoms with Crippen molar-refractivity contribution < 1.29 is 14.3 Å². The Morgan fingerprint density at radius 1 is 1.26 bits per heavy atom. The van der Waals surface area contributed by atoms with E-state index in [0.717, 1.165) is 0 Å². The van der Waals surface area contributed by atoms with Crippen molar-refractivity contribution in [2.45, 2.75) is 77.0 Å². The van der Waals surface area contributed by atoms with Gasteiger partial charge in [-0.1, -0.05) is 32.9 Å². The standard InChI is InChI=1S/C15H30O3Si/c1-13(2,3)19(7,8)18-14(4,5)10-9-12-15(6,11-16)17-12/h9-10,12,16H,11H2,1-8H3/b10-9-/t12-,15-/m0/s1. The van der Waals surface area contributed by atoms with E-state index in [9.17, 15) is 5.11 Å². The molecule has 0 bridgehead atoms. The van der Waals surface area contributed by atoms with Gasteiger partial charge in [0.1, 0.15) is 11.7 Å². The van der Waals surface area contributed by atoms with Crippen LogP contribution in [0.2, 0.25) is 18.1 Å². The summed E-state index contributed by atoms with van der Waals surface area (Å²) in [5.74, 6) is 0. The first-order chi connectivity index (χ1) is 8.33. The van der Waals surface area contributed by atoms with E-state index in [4.69, 9.17) is 9.16 Å². The molecule has 3 nitrogen and oxygen atoms in total. The van der Waals surface area contributed by atoms with Crippen molar-refractivity contribution >= 4 is 8.32 Å². The molecule has 1 aliphatic rings. The third kappa shape index (κ3) is 4.15. The second kappa shape index (κ2) is 4.99. The van der Waals surface area contributed by atoms with Gasteiger partial charge >= 0.3 is 0 Å². The summed E-state index contributed by atoms with van der Waals surface area (Å²) in [6.07, 6.45) is 4.10. The predicted octanol–water partition coefficient (Wildman–Crippen LogP) is 3.49. The number of ether oxygens (including phenoxy) is 1. The van der Waals surface area contributed by atoms with Crippen molar-refractivity contribution in [1.82, 2.24) is 0 Å². The number of hydrogen-bond donors (Lipinski definition) is 1. The molecule has 1 rings (SSSR count). The summed E-state index contributed by atoms with van der Waals surface area (Å²) >= 11 is 0. The van der Waals surface area contributed by atoms with Crippen LogP contribution in [0.4, 0.5) is 0 Å². The lowest BCUT2D eigenvalue weighted by molar-refractivity contribution is 0.141. The summed E-state index contributed by atoms with van der Waals surface area (Å²) in [6.45, 7) is 17.4. The Bertz CT molecular complexity index is 355. The smallest absolute Gasteiger partial charge is 0.193 e. The molecule has 0 aromatic rings. The summed E-state index contributed by atoms with van der Waals surface area (Å²) in [6, 6.07) is 0. The van der Waals surface area contributed by atoms with Crippen LogP contribution in [0.25, 0.3) is 0 Å². The second-order valence-electron chi connectivity index (χ2n) is 7.83. The van der Waals surface area contributed by atoms with Gasteiger partial charge in [0.05, 0.1) is 12.2 Å². The molecule has 1 aliphatic heterocycles. The van der Waals surface area contributed by atoms with Crippen molar-refractivity contribution in [2.75, 3.05) is 6.61 Å². The molecule has 0 radical (unpaired) electrons. The summed E-state index contributed by atoms with van der Waals surface area (Å²) in [5.41, 5.74) is -0.686. The molecule has 19 heavy (non-hydrogen) atoms. The van der Waals surface area contributed by atoms with Gasteiger partial charge in [0.25, 0.3) is 0 Å². The van der Waals surface area contributed by atoms with Crippen LogP contribution in [0.3, 0.4) is 0 Å². The van der Waals surface area contributed by atoms with Crippen molar-refractivity contribution in [3.05, 3.63) is 12.2 Å².